The summed E-state index contributed by atoms with van der Waals surface area (Å²) in [4.78, 5) is 20.7. The van der Waals surface area contributed by atoms with Crippen LogP contribution in [0.2, 0.25) is 0 Å². The molecule has 0 spiro atoms. The molecule has 0 fully saturated rings. The van der Waals surface area contributed by atoms with Gasteiger partial charge in [-0.05, 0) is 25.5 Å². The second kappa shape index (κ2) is 6.83. The average molecular weight is 289 g/mol. The van der Waals surface area contributed by atoms with Crippen molar-refractivity contribution in [2.45, 2.75) is 33.7 Å². The maximum Gasteiger partial charge on any atom is 0.251 e. The lowest BCUT2D eigenvalue weighted by Gasteiger charge is -2.08. The third kappa shape index (κ3) is 4.01. The van der Waals surface area contributed by atoms with E-state index in [0.717, 1.165) is 18.7 Å². The van der Waals surface area contributed by atoms with Crippen LogP contribution in [0.1, 0.15) is 41.6 Å². The Balaban J connectivity index is 2.08. The summed E-state index contributed by atoms with van der Waals surface area (Å²) in [6, 6.07) is 3.52. The van der Waals surface area contributed by atoms with Crippen molar-refractivity contribution < 1.29 is 9.32 Å². The predicted octanol–water partition coefficient (Wildman–Crippen LogP) is 1.70. The zero-order valence-electron chi connectivity index (χ0n) is 12.4. The van der Waals surface area contributed by atoms with Gasteiger partial charge in [-0.15, -0.1) is 0 Å². The number of anilines is 1. The highest BCUT2D eigenvalue weighted by molar-refractivity contribution is 5.94. The molecule has 2 N–H and O–H groups in total. The highest BCUT2D eigenvalue weighted by Crippen LogP contribution is 2.11. The first-order valence-electron chi connectivity index (χ1n) is 6.94. The third-order valence-corrected chi connectivity index (χ3v) is 2.84. The molecule has 0 unspecified atom stereocenters. The Labute approximate surface area is 123 Å². The molecule has 0 bridgehead atoms. The van der Waals surface area contributed by atoms with Crippen molar-refractivity contribution >= 4 is 11.7 Å². The van der Waals surface area contributed by atoms with E-state index in [-0.39, 0.29) is 12.5 Å². The van der Waals surface area contributed by atoms with E-state index in [1.54, 1.807) is 19.1 Å². The Morgan fingerprint density at radius 3 is 2.71 bits per heavy atom. The van der Waals surface area contributed by atoms with E-state index in [4.69, 9.17) is 4.52 Å². The lowest BCUT2D eigenvalue weighted by atomic mass is 10.2. The average Bonchev–Trinajstić information content (AvgIpc) is 2.90. The summed E-state index contributed by atoms with van der Waals surface area (Å²) in [5.74, 6) is 1.45. The van der Waals surface area contributed by atoms with Gasteiger partial charge >= 0.3 is 0 Å². The van der Waals surface area contributed by atoms with Crippen molar-refractivity contribution in [3.05, 3.63) is 35.1 Å². The van der Waals surface area contributed by atoms with E-state index in [0.29, 0.717) is 23.1 Å². The van der Waals surface area contributed by atoms with Gasteiger partial charge in [0.05, 0.1) is 6.54 Å². The van der Waals surface area contributed by atoms with Gasteiger partial charge in [-0.2, -0.15) is 4.98 Å². The molecule has 2 aromatic rings. The van der Waals surface area contributed by atoms with Crippen molar-refractivity contribution in [1.82, 2.24) is 20.4 Å². The largest absolute Gasteiger partial charge is 0.370 e. The second-order valence-electron chi connectivity index (χ2n) is 4.53. The number of hydrogen-bond acceptors (Lipinski definition) is 6. The maximum absolute atomic E-state index is 12.2. The van der Waals surface area contributed by atoms with E-state index in [2.05, 4.69) is 25.8 Å². The fourth-order valence-corrected chi connectivity index (χ4v) is 1.85. The highest BCUT2D eigenvalue weighted by atomic mass is 16.5. The monoisotopic (exact) mass is 289 g/mol. The summed E-state index contributed by atoms with van der Waals surface area (Å²) in [6.45, 7) is 6.68. The van der Waals surface area contributed by atoms with Crippen LogP contribution in [0, 0.1) is 6.92 Å². The lowest BCUT2D eigenvalue weighted by molar-refractivity contribution is 0.0949. The number of carbonyl (C=O) groups is 1. The van der Waals surface area contributed by atoms with E-state index < -0.39 is 0 Å². The lowest BCUT2D eigenvalue weighted by Crippen LogP contribution is -2.24. The number of rotatable bonds is 6. The van der Waals surface area contributed by atoms with E-state index >= 15 is 0 Å². The quantitative estimate of drug-likeness (QED) is 0.840. The smallest absolute Gasteiger partial charge is 0.251 e. The summed E-state index contributed by atoms with van der Waals surface area (Å²) < 4.78 is 4.86. The van der Waals surface area contributed by atoms with Gasteiger partial charge < -0.3 is 15.2 Å². The molecule has 112 valence electrons. The molecule has 0 atom stereocenters. The zero-order chi connectivity index (χ0) is 15.2. The van der Waals surface area contributed by atoms with Crippen molar-refractivity contribution in [1.29, 1.82) is 0 Å². The Kier molecular flexibility index (Phi) is 4.86. The number of aromatic nitrogens is 3. The van der Waals surface area contributed by atoms with Crippen LogP contribution in [0.15, 0.2) is 16.7 Å². The molecule has 7 heteroatoms. The van der Waals surface area contributed by atoms with Crippen molar-refractivity contribution in [2.24, 2.45) is 0 Å². The van der Waals surface area contributed by atoms with Crippen LogP contribution in [0.3, 0.4) is 0 Å². The van der Waals surface area contributed by atoms with Crippen molar-refractivity contribution in [3.8, 4) is 0 Å². The molecule has 2 rings (SSSR count). The molecule has 0 aliphatic carbocycles. The van der Waals surface area contributed by atoms with Gasteiger partial charge in [-0.1, -0.05) is 12.1 Å². The molecule has 0 saturated carbocycles. The Morgan fingerprint density at radius 2 is 2.10 bits per heavy atom. The Bertz CT molecular complexity index is 624. The Hall–Kier alpha value is -2.44. The minimum Gasteiger partial charge on any atom is -0.370 e. The minimum atomic E-state index is -0.186. The summed E-state index contributed by atoms with van der Waals surface area (Å²) >= 11 is 0. The molecule has 0 aliphatic heterocycles. The van der Waals surface area contributed by atoms with Crippen LogP contribution >= 0.6 is 0 Å². The number of pyridine rings is 1. The fourth-order valence-electron chi connectivity index (χ4n) is 1.85. The fraction of sp³-hybridized carbons (Fsp3) is 0.429. The summed E-state index contributed by atoms with van der Waals surface area (Å²) in [7, 11) is 0. The number of nitrogens with zero attached hydrogens (tertiary/aromatic N) is 3. The van der Waals surface area contributed by atoms with E-state index in [1.807, 2.05) is 13.8 Å². The predicted molar refractivity (Wildman–Crippen MR) is 78.0 cm³/mol. The Morgan fingerprint density at radius 1 is 1.29 bits per heavy atom. The first-order valence-corrected chi connectivity index (χ1v) is 6.94. The summed E-state index contributed by atoms with van der Waals surface area (Å²) in [5.41, 5.74) is 1.44. The van der Waals surface area contributed by atoms with Gasteiger partial charge in [0.15, 0.2) is 5.82 Å². The van der Waals surface area contributed by atoms with Gasteiger partial charge in [-0.3, -0.25) is 4.79 Å². The first-order chi connectivity index (χ1) is 10.1. The molecular formula is C14H19N5O2. The number of nitrogens with one attached hydrogen (secondary N) is 2. The van der Waals surface area contributed by atoms with Gasteiger partial charge in [0.2, 0.25) is 5.89 Å². The molecule has 7 nitrogen and oxygen atoms in total. The molecule has 0 radical (unpaired) electrons. The second-order valence-corrected chi connectivity index (χ2v) is 4.53. The molecule has 21 heavy (non-hydrogen) atoms. The van der Waals surface area contributed by atoms with E-state index in [1.165, 1.54) is 0 Å². The van der Waals surface area contributed by atoms with Crippen LogP contribution in [0.5, 0.6) is 0 Å². The van der Waals surface area contributed by atoms with Gasteiger partial charge in [0.25, 0.3) is 5.91 Å². The van der Waals surface area contributed by atoms with E-state index in [9.17, 15) is 4.79 Å². The normalized spacial score (nSPS) is 10.4. The molecule has 2 heterocycles. The highest BCUT2D eigenvalue weighted by Gasteiger charge is 2.11. The molecular weight excluding hydrogens is 270 g/mol. The van der Waals surface area contributed by atoms with Crippen molar-refractivity contribution in [2.75, 3.05) is 11.9 Å². The van der Waals surface area contributed by atoms with Crippen LogP contribution in [0.25, 0.3) is 0 Å². The van der Waals surface area contributed by atoms with Crippen LogP contribution < -0.4 is 10.6 Å². The van der Waals surface area contributed by atoms with Gasteiger partial charge in [0, 0.05) is 24.7 Å². The first kappa shape index (κ1) is 15.0. The van der Waals surface area contributed by atoms with Gasteiger partial charge in [0.1, 0.15) is 5.82 Å². The van der Waals surface area contributed by atoms with Crippen molar-refractivity contribution in [3.63, 3.8) is 0 Å². The molecule has 0 aliphatic rings. The van der Waals surface area contributed by atoms with Gasteiger partial charge in [-0.25, -0.2) is 4.98 Å². The zero-order valence-corrected chi connectivity index (χ0v) is 12.4. The number of carbonyl (C=O) groups excluding carboxylic acids is 1. The molecule has 0 saturated heterocycles. The van der Waals surface area contributed by atoms with Crippen LogP contribution in [0.4, 0.5) is 5.82 Å². The third-order valence-electron chi connectivity index (χ3n) is 2.84. The molecule has 2 aromatic heterocycles. The number of aryl methyl sites for hydroxylation is 2. The molecule has 1 amide bonds. The topological polar surface area (TPSA) is 92.9 Å². The summed E-state index contributed by atoms with van der Waals surface area (Å²) in [5, 5.41) is 9.63. The maximum atomic E-state index is 12.2. The number of hydrogen-bond donors (Lipinski definition) is 2. The van der Waals surface area contributed by atoms with Crippen LogP contribution in [-0.4, -0.2) is 27.6 Å². The summed E-state index contributed by atoms with van der Waals surface area (Å²) in [6.07, 6.45) is 0.767. The van der Waals surface area contributed by atoms with Crippen LogP contribution in [-0.2, 0) is 13.0 Å². The SMILES string of the molecule is CCNc1cc(C(=O)NCc2noc(C)n2)cc(CC)n1. The number of amides is 1. The minimum absolute atomic E-state index is 0.186. The molecule has 0 aromatic carbocycles. The standard InChI is InChI=1S/C14H19N5O2/c1-4-11-6-10(7-12(18-11)15-5-2)14(20)16-8-13-17-9(3)21-19-13/h6-7H,4-5,8H2,1-3H3,(H,15,18)(H,16,20).